The number of hydrogen-bond donors (Lipinski definition) is 1. The van der Waals surface area contributed by atoms with E-state index < -0.39 is 0 Å². The normalized spacial score (nSPS) is 41.5. The molecule has 0 aromatic heterocycles. The van der Waals surface area contributed by atoms with Crippen LogP contribution in [0.1, 0.15) is 98.3 Å². The zero-order valence-electron chi connectivity index (χ0n) is 25.4. The van der Waals surface area contributed by atoms with Crippen LogP contribution in [-0.4, -0.2) is 76.6 Å². The second kappa shape index (κ2) is 11.4. The van der Waals surface area contributed by atoms with Gasteiger partial charge in [-0.05, 0) is 112 Å². The van der Waals surface area contributed by atoms with Crippen molar-refractivity contribution < 1.29 is 14.7 Å². The Morgan fingerprint density at radius 1 is 0.975 bits per heavy atom. The second-order valence-corrected chi connectivity index (χ2v) is 14.9. The Balaban J connectivity index is 0.00000323. The molecule has 4 aliphatic carbocycles. The number of rotatable bonds is 4. The molecule has 0 aromatic rings. The first kappa shape index (κ1) is 30.2. The standard InChI is InChI=1S/C33H53N3O3.ClH/c1-22(5-10-30(38)34-17-19-35(20-18-34)31(39)36-16-13-23(36)2)27-8-9-28-26-7-6-24-21-25(37)11-14-32(24,3)29(26)12-15-33(27,28)4;/h6,22-23,25-29,37H,5,7-21H2,1-4H3;1H/t22-,23+,25+,26+,27-,28+,29+,32+,33-;/m1./s1. The quantitative estimate of drug-likeness (QED) is 0.411. The molecule has 0 spiro atoms. The number of aliphatic hydroxyl groups excluding tert-OH is 1. The van der Waals surface area contributed by atoms with Gasteiger partial charge in [0.05, 0.1) is 6.10 Å². The molecule has 226 valence electrons. The molecule has 5 fully saturated rings. The van der Waals surface area contributed by atoms with Gasteiger partial charge in [0, 0.05) is 45.2 Å². The molecule has 0 bridgehead atoms. The minimum atomic E-state index is -0.130. The number of likely N-dealkylation sites (tertiary alicyclic amines) is 1. The summed E-state index contributed by atoms with van der Waals surface area (Å²) in [5, 5.41) is 10.3. The molecule has 6 aliphatic rings. The van der Waals surface area contributed by atoms with Crippen LogP contribution in [0.15, 0.2) is 11.6 Å². The lowest BCUT2D eigenvalue weighted by atomic mass is 9.47. The maximum atomic E-state index is 13.2. The van der Waals surface area contributed by atoms with Crippen molar-refractivity contribution in [3.05, 3.63) is 11.6 Å². The van der Waals surface area contributed by atoms with Crippen LogP contribution >= 0.6 is 12.4 Å². The maximum Gasteiger partial charge on any atom is 0.320 e. The molecule has 2 saturated heterocycles. The third-order valence-electron chi connectivity index (χ3n) is 13.1. The average Bonchev–Trinajstić information content (AvgIpc) is 3.28. The van der Waals surface area contributed by atoms with Gasteiger partial charge in [-0.15, -0.1) is 12.4 Å². The summed E-state index contributed by atoms with van der Waals surface area (Å²) in [6.07, 6.45) is 14.7. The smallest absolute Gasteiger partial charge is 0.320 e. The summed E-state index contributed by atoms with van der Waals surface area (Å²) in [6.45, 7) is 13.2. The summed E-state index contributed by atoms with van der Waals surface area (Å²) in [5.41, 5.74) is 2.27. The van der Waals surface area contributed by atoms with Crippen LogP contribution < -0.4 is 0 Å². The first-order valence-electron chi connectivity index (χ1n) is 16.3. The lowest BCUT2D eigenvalue weighted by Gasteiger charge is -2.58. The highest BCUT2D eigenvalue weighted by atomic mass is 35.5. The number of piperazine rings is 1. The fourth-order valence-electron chi connectivity index (χ4n) is 10.5. The predicted octanol–water partition coefficient (Wildman–Crippen LogP) is 6.12. The van der Waals surface area contributed by atoms with E-state index in [-0.39, 0.29) is 30.4 Å². The van der Waals surface area contributed by atoms with Crippen molar-refractivity contribution in [1.29, 1.82) is 0 Å². The number of allylic oxidation sites excluding steroid dienone is 1. The Kier molecular flexibility index (Phi) is 8.63. The van der Waals surface area contributed by atoms with Gasteiger partial charge in [-0.25, -0.2) is 4.79 Å². The van der Waals surface area contributed by atoms with Gasteiger partial charge in [0.15, 0.2) is 0 Å². The molecule has 6 rings (SSSR count). The van der Waals surface area contributed by atoms with Crippen molar-refractivity contribution in [3.63, 3.8) is 0 Å². The van der Waals surface area contributed by atoms with Gasteiger partial charge in [0.1, 0.15) is 0 Å². The number of carbonyl (C=O) groups is 2. The van der Waals surface area contributed by atoms with Gasteiger partial charge in [-0.3, -0.25) is 4.79 Å². The van der Waals surface area contributed by atoms with E-state index in [1.54, 1.807) is 5.57 Å². The molecular weight excluding hydrogens is 522 g/mol. The summed E-state index contributed by atoms with van der Waals surface area (Å²) >= 11 is 0. The van der Waals surface area contributed by atoms with E-state index in [1.165, 1.54) is 32.1 Å². The van der Waals surface area contributed by atoms with Crippen LogP contribution in [0.25, 0.3) is 0 Å². The highest BCUT2D eigenvalue weighted by molar-refractivity contribution is 5.85. The van der Waals surface area contributed by atoms with Crippen LogP contribution in [0, 0.1) is 40.4 Å². The fraction of sp³-hybridized carbons (Fsp3) is 0.879. The van der Waals surface area contributed by atoms with Crippen molar-refractivity contribution in [1.82, 2.24) is 14.7 Å². The molecule has 2 heterocycles. The summed E-state index contributed by atoms with van der Waals surface area (Å²) < 4.78 is 0. The van der Waals surface area contributed by atoms with E-state index >= 15 is 0 Å². The van der Waals surface area contributed by atoms with E-state index in [2.05, 4.69) is 33.8 Å². The number of fused-ring (bicyclic) bond motifs is 5. The molecule has 6 nitrogen and oxygen atoms in total. The van der Waals surface area contributed by atoms with E-state index in [0.29, 0.717) is 55.4 Å². The van der Waals surface area contributed by atoms with Gasteiger partial charge in [-0.1, -0.05) is 32.4 Å². The molecular formula is C33H54ClN3O3. The summed E-state index contributed by atoms with van der Waals surface area (Å²) in [4.78, 5) is 31.8. The maximum absolute atomic E-state index is 13.2. The monoisotopic (exact) mass is 575 g/mol. The first-order valence-corrected chi connectivity index (χ1v) is 16.3. The van der Waals surface area contributed by atoms with Gasteiger partial charge in [0.2, 0.25) is 5.91 Å². The SMILES string of the molecule is C[C@H](CCC(=O)N1CCN(C(=O)N2CC[C@@H]2C)CC1)[C@H]1CC[C@H]2[C@@H]3CC=C4C[C@@H](O)CC[C@]4(C)[C@H]3CC[C@]12C.Cl. The zero-order chi connectivity index (χ0) is 27.5. The van der Waals surface area contributed by atoms with Crippen LogP contribution in [0.3, 0.4) is 0 Å². The molecule has 40 heavy (non-hydrogen) atoms. The molecule has 3 amide bonds. The first-order chi connectivity index (χ1) is 18.6. The van der Waals surface area contributed by atoms with E-state index in [9.17, 15) is 14.7 Å². The van der Waals surface area contributed by atoms with Crippen LogP contribution in [0.5, 0.6) is 0 Å². The molecule has 1 N–H and O–H groups in total. The van der Waals surface area contributed by atoms with Gasteiger partial charge >= 0.3 is 6.03 Å². The number of amides is 3. The van der Waals surface area contributed by atoms with Crippen molar-refractivity contribution in [3.8, 4) is 0 Å². The summed E-state index contributed by atoms with van der Waals surface area (Å²) in [6, 6.07) is 0.523. The summed E-state index contributed by atoms with van der Waals surface area (Å²) in [7, 11) is 0. The lowest BCUT2D eigenvalue weighted by Crippen LogP contribution is -2.59. The molecule has 0 radical (unpaired) electrons. The number of halogens is 1. The van der Waals surface area contributed by atoms with Crippen molar-refractivity contribution in [2.75, 3.05) is 32.7 Å². The van der Waals surface area contributed by atoms with Gasteiger partial charge in [-0.2, -0.15) is 0 Å². The Labute approximate surface area is 248 Å². The minimum Gasteiger partial charge on any atom is -0.393 e. The number of nitrogens with zero attached hydrogens (tertiary/aromatic N) is 3. The van der Waals surface area contributed by atoms with E-state index in [1.807, 2.05) is 14.7 Å². The Bertz CT molecular complexity index is 995. The lowest BCUT2D eigenvalue weighted by molar-refractivity contribution is -0.133. The third-order valence-corrected chi connectivity index (χ3v) is 13.1. The van der Waals surface area contributed by atoms with Gasteiger partial charge in [0.25, 0.3) is 0 Å². The number of aliphatic hydroxyl groups is 1. The Morgan fingerprint density at radius 3 is 2.38 bits per heavy atom. The third kappa shape index (κ3) is 5.01. The van der Waals surface area contributed by atoms with E-state index in [4.69, 9.17) is 0 Å². The van der Waals surface area contributed by atoms with Crippen LogP contribution in [-0.2, 0) is 4.79 Å². The minimum absolute atomic E-state index is 0. The molecule has 0 unspecified atom stereocenters. The largest absolute Gasteiger partial charge is 0.393 e. The molecule has 9 atom stereocenters. The van der Waals surface area contributed by atoms with Crippen molar-refractivity contribution >= 4 is 24.3 Å². The molecule has 7 heteroatoms. The zero-order valence-corrected chi connectivity index (χ0v) is 26.3. The number of urea groups is 1. The predicted molar refractivity (Wildman–Crippen MR) is 161 cm³/mol. The molecule has 0 aromatic carbocycles. The van der Waals surface area contributed by atoms with Crippen LogP contribution in [0.4, 0.5) is 4.79 Å². The molecule has 3 saturated carbocycles. The van der Waals surface area contributed by atoms with Crippen LogP contribution in [0.2, 0.25) is 0 Å². The van der Waals surface area contributed by atoms with Crippen molar-refractivity contribution in [2.24, 2.45) is 40.4 Å². The highest BCUT2D eigenvalue weighted by Crippen LogP contribution is 2.67. The fourth-order valence-corrected chi connectivity index (χ4v) is 10.5. The summed E-state index contributed by atoms with van der Waals surface area (Å²) in [5.74, 6) is 3.97. The number of carbonyl (C=O) groups excluding carboxylic acids is 2. The van der Waals surface area contributed by atoms with E-state index in [0.717, 1.165) is 62.3 Å². The topological polar surface area (TPSA) is 64.1 Å². The highest BCUT2D eigenvalue weighted by Gasteiger charge is 2.59. The average molecular weight is 576 g/mol. The second-order valence-electron chi connectivity index (χ2n) is 14.9. The molecule has 2 aliphatic heterocycles. The Morgan fingerprint density at radius 2 is 1.70 bits per heavy atom. The number of hydrogen-bond acceptors (Lipinski definition) is 3. The van der Waals surface area contributed by atoms with Crippen molar-refractivity contribution in [2.45, 2.75) is 110 Å². The Hall–Kier alpha value is -1.27. The van der Waals surface area contributed by atoms with Gasteiger partial charge < -0.3 is 19.8 Å².